The van der Waals surface area contributed by atoms with Gasteiger partial charge in [-0.3, -0.25) is 4.79 Å². The molecule has 0 bridgehead atoms. The summed E-state index contributed by atoms with van der Waals surface area (Å²) in [5, 5.41) is 2.89. The zero-order chi connectivity index (χ0) is 14.4. The molecule has 0 aromatic heterocycles. The van der Waals surface area contributed by atoms with E-state index in [9.17, 15) is 4.79 Å². The molecule has 0 saturated heterocycles. The molecule has 1 aromatic carbocycles. The summed E-state index contributed by atoms with van der Waals surface area (Å²) in [5.41, 5.74) is 2.86. The van der Waals surface area contributed by atoms with Crippen LogP contribution in [0.25, 0.3) is 0 Å². The lowest BCUT2D eigenvalue weighted by Crippen LogP contribution is -2.36. The predicted molar refractivity (Wildman–Crippen MR) is 82.1 cm³/mol. The molecular weight excluding hydrogens is 237 g/mol. The van der Waals surface area contributed by atoms with Crippen molar-refractivity contribution in [3.8, 4) is 5.75 Å². The number of fused-ring (bicyclic) bond motifs is 1. The van der Waals surface area contributed by atoms with Crippen molar-refractivity contribution in [3.63, 3.8) is 0 Å². The van der Waals surface area contributed by atoms with Crippen molar-refractivity contribution in [2.45, 2.75) is 53.0 Å². The molecule has 4 heteroatoms. The number of hydrogen-bond acceptors (Lipinski definition) is 2. The SMILES string of the molecule is CC.[B]Cc1cc(CC)c2c(c1)NC(=O)C(CC)O2.[HH]. The van der Waals surface area contributed by atoms with E-state index in [2.05, 4.69) is 12.2 Å². The van der Waals surface area contributed by atoms with Crippen LogP contribution in [0.4, 0.5) is 5.69 Å². The zero-order valence-corrected chi connectivity index (χ0v) is 12.2. The molecular formula is C15H24BNO2. The van der Waals surface area contributed by atoms with Crippen LogP contribution in [0, 0.1) is 0 Å². The molecule has 0 fully saturated rings. The summed E-state index contributed by atoms with van der Waals surface area (Å²) in [6.07, 6.45) is 1.62. The second-order valence-corrected chi connectivity index (χ2v) is 4.19. The highest BCUT2D eigenvalue weighted by Gasteiger charge is 2.27. The molecule has 2 rings (SSSR count). The smallest absolute Gasteiger partial charge is 0.265 e. The van der Waals surface area contributed by atoms with Crippen molar-refractivity contribution in [2.75, 3.05) is 5.32 Å². The van der Waals surface area contributed by atoms with Gasteiger partial charge in [0, 0.05) is 1.43 Å². The number of carbonyl (C=O) groups is 1. The number of nitrogens with one attached hydrogen (secondary N) is 1. The lowest BCUT2D eigenvalue weighted by atomic mass is 9.93. The Morgan fingerprint density at radius 2 is 2.05 bits per heavy atom. The number of amides is 1. The first-order chi connectivity index (χ1) is 9.19. The van der Waals surface area contributed by atoms with Gasteiger partial charge in [0.1, 0.15) is 5.75 Å². The van der Waals surface area contributed by atoms with Crippen LogP contribution >= 0.6 is 0 Å². The van der Waals surface area contributed by atoms with Crippen LogP contribution < -0.4 is 10.1 Å². The second kappa shape index (κ2) is 7.22. The normalized spacial score (nSPS) is 16.6. The standard InChI is InChI=1S/C13H16BNO2.C2H6.H2/c1-3-9-5-8(7-14)6-10-12(9)17-11(4-2)13(16)15-10;1-2;/h5-6,11H,3-4,7H2,1-2H3,(H,15,16);1-2H3;1H. The Hall–Kier alpha value is -1.45. The molecule has 3 nitrogen and oxygen atoms in total. The largest absolute Gasteiger partial charge is 0.478 e. The van der Waals surface area contributed by atoms with Crippen LogP contribution in [-0.2, 0) is 17.5 Å². The van der Waals surface area contributed by atoms with Crippen LogP contribution in [-0.4, -0.2) is 19.9 Å². The average molecular weight is 261 g/mol. The van der Waals surface area contributed by atoms with Gasteiger partial charge in [0.2, 0.25) is 0 Å². The Balaban J connectivity index is 0.00000115. The Labute approximate surface area is 118 Å². The van der Waals surface area contributed by atoms with Crippen molar-refractivity contribution >= 4 is 19.4 Å². The first-order valence-corrected chi connectivity index (χ1v) is 7.03. The van der Waals surface area contributed by atoms with Crippen LogP contribution in [0.15, 0.2) is 12.1 Å². The number of carbonyl (C=O) groups excluding carboxylic acids is 1. The van der Waals surface area contributed by atoms with Crippen molar-refractivity contribution in [3.05, 3.63) is 23.3 Å². The third kappa shape index (κ3) is 3.31. The van der Waals surface area contributed by atoms with Gasteiger partial charge in [-0.1, -0.05) is 45.6 Å². The van der Waals surface area contributed by atoms with Gasteiger partial charge in [-0.25, -0.2) is 0 Å². The van der Waals surface area contributed by atoms with Crippen LogP contribution in [0.2, 0.25) is 0 Å². The number of rotatable bonds is 3. The van der Waals surface area contributed by atoms with Crippen molar-refractivity contribution in [1.29, 1.82) is 0 Å². The summed E-state index contributed by atoms with van der Waals surface area (Å²) in [6.45, 7) is 8.01. The highest BCUT2D eigenvalue weighted by molar-refractivity contribution is 6.08. The second-order valence-electron chi connectivity index (χ2n) is 4.19. The van der Waals surface area contributed by atoms with Gasteiger partial charge in [0.15, 0.2) is 6.10 Å². The molecule has 0 saturated carbocycles. The maximum absolute atomic E-state index is 11.7. The fourth-order valence-electron chi connectivity index (χ4n) is 2.05. The summed E-state index contributed by atoms with van der Waals surface area (Å²) >= 11 is 0. The summed E-state index contributed by atoms with van der Waals surface area (Å²) in [5.74, 6) is 0.729. The van der Waals surface area contributed by atoms with E-state index < -0.39 is 0 Å². The highest BCUT2D eigenvalue weighted by Crippen LogP contribution is 2.35. The molecule has 1 aromatic rings. The average Bonchev–Trinajstić information content (AvgIpc) is 2.47. The van der Waals surface area contributed by atoms with E-state index in [-0.39, 0.29) is 13.4 Å². The third-order valence-electron chi connectivity index (χ3n) is 3.02. The topological polar surface area (TPSA) is 38.3 Å². The molecule has 0 aliphatic carbocycles. The van der Waals surface area contributed by atoms with Gasteiger partial charge in [-0.05, 0) is 24.5 Å². The van der Waals surface area contributed by atoms with Gasteiger partial charge < -0.3 is 10.1 Å². The Bertz CT molecular complexity index is 452. The predicted octanol–water partition coefficient (Wildman–Crippen LogP) is 3.30. The minimum Gasteiger partial charge on any atom is -0.478 e. The maximum Gasteiger partial charge on any atom is 0.265 e. The van der Waals surface area contributed by atoms with Crippen LogP contribution in [0.1, 0.15) is 46.7 Å². The third-order valence-corrected chi connectivity index (χ3v) is 3.02. The maximum atomic E-state index is 11.7. The van der Waals surface area contributed by atoms with Crippen molar-refractivity contribution in [1.82, 2.24) is 0 Å². The Morgan fingerprint density at radius 1 is 1.37 bits per heavy atom. The van der Waals surface area contributed by atoms with Gasteiger partial charge in [-0.2, -0.15) is 0 Å². The first-order valence-electron chi connectivity index (χ1n) is 7.03. The Kier molecular flexibility index (Phi) is 5.93. The van der Waals surface area contributed by atoms with E-state index in [1.165, 1.54) is 0 Å². The van der Waals surface area contributed by atoms with Crippen LogP contribution in [0.3, 0.4) is 0 Å². The van der Waals surface area contributed by atoms with Gasteiger partial charge in [0.25, 0.3) is 5.91 Å². The fourth-order valence-corrected chi connectivity index (χ4v) is 2.05. The minimum atomic E-state index is -0.378. The van der Waals surface area contributed by atoms with E-state index in [4.69, 9.17) is 12.6 Å². The molecule has 19 heavy (non-hydrogen) atoms. The molecule has 104 valence electrons. The molecule has 1 heterocycles. The van der Waals surface area contributed by atoms with Gasteiger partial charge in [0.05, 0.1) is 13.5 Å². The molecule has 1 atom stereocenters. The molecule has 1 unspecified atom stereocenters. The molecule has 1 aliphatic heterocycles. The van der Waals surface area contributed by atoms with E-state index >= 15 is 0 Å². The number of ether oxygens (including phenoxy) is 1. The lowest BCUT2D eigenvalue weighted by Gasteiger charge is -2.27. The molecule has 1 N–H and O–H groups in total. The Morgan fingerprint density at radius 3 is 2.58 bits per heavy atom. The molecule has 1 aliphatic rings. The van der Waals surface area contributed by atoms with Crippen LogP contribution in [0.5, 0.6) is 5.75 Å². The van der Waals surface area contributed by atoms with E-state index in [1.807, 2.05) is 32.9 Å². The van der Waals surface area contributed by atoms with Gasteiger partial charge in [-0.15, -0.1) is 0 Å². The van der Waals surface area contributed by atoms with E-state index in [0.29, 0.717) is 12.7 Å². The highest BCUT2D eigenvalue weighted by atomic mass is 16.5. The summed E-state index contributed by atoms with van der Waals surface area (Å²) in [4.78, 5) is 11.7. The lowest BCUT2D eigenvalue weighted by molar-refractivity contribution is -0.123. The zero-order valence-electron chi connectivity index (χ0n) is 12.2. The van der Waals surface area contributed by atoms with E-state index in [0.717, 1.165) is 29.0 Å². The minimum absolute atomic E-state index is 0. The summed E-state index contributed by atoms with van der Waals surface area (Å²) < 4.78 is 5.76. The quantitative estimate of drug-likeness (QED) is 0.848. The van der Waals surface area contributed by atoms with Crippen molar-refractivity contribution in [2.24, 2.45) is 0 Å². The fraction of sp³-hybridized carbons (Fsp3) is 0.533. The summed E-state index contributed by atoms with van der Waals surface area (Å²) in [6, 6.07) is 3.93. The number of hydrogen-bond donors (Lipinski definition) is 1. The molecule has 1 amide bonds. The molecule has 2 radical (unpaired) electrons. The number of benzene rings is 1. The monoisotopic (exact) mass is 261 g/mol. The summed E-state index contributed by atoms with van der Waals surface area (Å²) in [7, 11) is 5.64. The number of aryl methyl sites for hydroxylation is 1. The first kappa shape index (κ1) is 15.6. The molecule has 0 spiro atoms. The van der Waals surface area contributed by atoms with Gasteiger partial charge >= 0.3 is 0 Å². The van der Waals surface area contributed by atoms with Crippen molar-refractivity contribution < 1.29 is 11.0 Å². The van der Waals surface area contributed by atoms with E-state index in [1.54, 1.807) is 0 Å². The number of anilines is 1.